The molecule has 0 spiro atoms. The van der Waals surface area contributed by atoms with Crippen molar-refractivity contribution in [3.63, 3.8) is 0 Å². The van der Waals surface area contributed by atoms with Crippen LogP contribution >= 0.6 is 0 Å². The van der Waals surface area contributed by atoms with Gasteiger partial charge in [0.25, 0.3) is 0 Å². The molecule has 4 nitrogen and oxygen atoms in total. The van der Waals surface area contributed by atoms with Crippen LogP contribution in [0.4, 0.5) is 0 Å². The normalized spacial score (nSPS) is 35.3. The van der Waals surface area contributed by atoms with Crippen LogP contribution in [0.15, 0.2) is 0 Å². The molecule has 0 unspecified atom stereocenters. The van der Waals surface area contributed by atoms with Gasteiger partial charge in [0.15, 0.2) is 5.60 Å². The van der Waals surface area contributed by atoms with Crippen molar-refractivity contribution in [1.29, 1.82) is 0 Å². The zero-order valence-electron chi connectivity index (χ0n) is 9.63. The smallest absolute Gasteiger partial charge is 0.340 e. The zero-order chi connectivity index (χ0) is 11.1. The van der Waals surface area contributed by atoms with Crippen LogP contribution in [-0.4, -0.2) is 36.9 Å². The molecule has 0 bridgehead atoms. The van der Waals surface area contributed by atoms with E-state index in [1.54, 1.807) is 0 Å². The van der Waals surface area contributed by atoms with E-state index in [0.29, 0.717) is 13.2 Å². The largest absolute Gasteiger partial charge is 0.458 e. The van der Waals surface area contributed by atoms with Gasteiger partial charge in [0, 0.05) is 25.6 Å². The van der Waals surface area contributed by atoms with E-state index >= 15 is 0 Å². The van der Waals surface area contributed by atoms with Crippen molar-refractivity contribution >= 4 is 5.97 Å². The summed E-state index contributed by atoms with van der Waals surface area (Å²) in [4.78, 5) is 12.1. The van der Waals surface area contributed by atoms with Gasteiger partial charge in [-0.15, -0.1) is 0 Å². The number of carbonyl (C=O) groups is 1. The van der Waals surface area contributed by atoms with E-state index in [0.717, 1.165) is 13.0 Å². The van der Waals surface area contributed by atoms with Crippen molar-refractivity contribution in [2.24, 2.45) is 5.92 Å². The monoisotopic (exact) mass is 213 g/mol. The predicted octanol–water partition coefficient (Wildman–Crippen LogP) is 0.707. The van der Waals surface area contributed by atoms with Gasteiger partial charge in [-0.3, -0.25) is 0 Å². The highest BCUT2D eigenvalue weighted by Gasteiger charge is 2.55. The topological polar surface area (TPSA) is 47.6 Å². The standard InChI is InChI=1S/C11H19NO3/c1-10(2,3)15-9(13)11-7-12-6-8(11)4-5-14-11/h8,12H,4-7H2,1-3H3/t8-,11+/m1/s1. The predicted molar refractivity (Wildman–Crippen MR) is 55.5 cm³/mol. The minimum atomic E-state index is -0.701. The molecular formula is C11H19NO3. The molecule has 2 atom stereocenters. The molecule has 2 fully saturated rings. The van der Waals surface area contributed by atoms with Crippen LogP contribution in [0.3, 0.4) is 0 Å². The van der Waals surface area contributed by atoms with Crippen molar-refractivity contribution in [1.82, 2.24) is 5.32 Å². The van der Waals surface area contributed by atoms with Crippen molar-refractivity contribution in [2.45, 2.75) is 38.4 Å². The first kappa shape index (κ1) is 10.9. The van der Waals surface area contributed by atoms with E-state index in [1.165, 1.54) is 0 Å². The minimum Gasteiger partial charge on any atom is -0.458 e. The third-order valence-electron chi connectivity index (χ3n) is 3.01. The van der Waals surface area contributed by atoms with Crippen molar-refractivity contribution in [3.05, 3.63) is 0 Å². The van der Waals surface area contributed by atoms with E-state index in [9.17, 15) is 4.79 Å². The Morgan fingerprint density at radius 3 is 2.93 bits per heavy atom. The maximum atomic E-state index is 12.1. The van der Waals surface area contributed by atoms with Gasteiger partial charge in [0.05, 0.1) is 0 Å². The summed E-state index contributed by atoms with van der Waals surface area (Å²) in [6, 6.07) is 0. The Bertz CT molecular complexity index is 259. The van der Waals surface area contributed by atoms with Crippen molar-refractivity contribution < 1.29 is 14.3 Å². The van der Waals surface area contributed by atoms with Gasteiger partial charge in [-0.05, 0) is 27.2 Å². The van der Waals surface area contributed by atoms with Crippen molar-refractivity contribution in [3.8, 4) is 0 Å². The Labute approximate surface area is 90.3 Å². The van der Waals surface area contributed by atoms with Gasteiger partial charge in [0.2, 0.25) is 0 Å². The number of hydrogen-bond acceptors (Lipinski definition) is 4. The summed E-state index contributed by atoms with van der Waals surface area (Å²) in [5.41, 5.74) is -1.14. The van der Waals surface area contributed by atoms with Gasteiger partial charge in [-0.25, -0.2) is 4.79 Å². The van der Waals surface area contributed by atoms with Gasteiger partial charge in [0.1, 0.15) is 5.60 Å². The second-order valence-electron chi connectivity index (χ2n) is 5.36. The van der Waals surface area contributed by atoms with Crippen LogP contribution in [0, 0.1) is 5.92 Å². The highest BCUT2D eigenvalue weighted by molar-refractivity contribution is 5.81. The second kappa shape index (κ2) is 3.46. The molecule has 15 heavy (non-hydrogen) atoms. The molecular weight excluding hydrogens is 194 g/mol. The molecule has 0 aliphatic carbocycles. The first-order chi connectivity index (χ1) is 6.94. The Balaban J connectivity index is 2.11. The summed E-state index contributed by atoms with van der Waals surface area (Å²) in [7, 11) is 0. The molecule has 0 aromatic heterocycles. The third kappa shape index (κ3) is 1.88. The van der Waals surface area contributed by atoms with Crippen LogP contribution in [-0.2, 0) is 14.3 Å². The van der Waals surface area contributed by atoms with Crippen LogP contribution in [0.2, 0.25) is 0 Å². The highest BCUT2D eigenvalue weighted by Crippen LogP contribution is 2.37. The Hall–Kier alpha value is -0.610. The summed E-state index contributed by atoms with van der Waals surface area (Å²) < 4.78 is 11.1. The number of hydrogen-bond donors (Lipinski definition) is 1. The summed E-state index contributed by atoms with van der Waals surface area (Å²) in [6.45, 7) is 7.77. The van der Waals surface area contributed by atoms with E-state index < -0.39 is 11.2 Å². The van der Waals surface area contributed by atoms with Gasteiger partial charge in [-0.2, -0.15) is 0 Å². The van der Waals surface area contributed by atoms with E-state index in [4.69, 9.17) is 9.47 Å². The first-order valence-corrected chi connectivity index (χ1v) is 5.52. The molecule has 2 rings (SSSR count). The summed E-state index contributed by atoms with van der Waals surface area (Å²) in [5, 5.41) is 3.21. The van der Waals surface area contributed by atoms with Crippen LogP contribution < -0.4 is 5.32 Å². The quantitative estimate of drug-likeness (QED) is 0.652. The fourth-order valence-corrected chi connectivity index (χ4v) is 2.29. The molecule has 1 N–H and O–H groups in total. The number of carbonyl (C=O) groups excluding carboxylic acids is 1. The molecule has 0 amide bonds. The number of nitrogens with one attached hydrogen (secondary N) is 1. The summed E-state index contributed by atoms with van der Waals surface area (Å²) >= 11 is 0. The van der Waals surface area contributed by atoms with Crippen LogP contribution in [0.5, 0.6) is 0 Å². The lowest BCUT2D eigenvalue weighted by Gasteiger charge is -2.29. The molecule has 2 heterocycles. The van der Waals surface area contributed by atoms with Crippen LogP contribution in [0.25, 0.3) is 0 Å². The Morgan fingerprint density at radius 2 is 2.27 bits per heavy atom. The third-order valence-corrected chi connectivity index (χ3v) is 3.01. The van der Waals surface area contributed by atoms with Gasteiger partial charge in [-0.1, -0.05) is 0 Å². The van der Waals surface area contributed by atoms with E-state index in [-0.39, 0.29) is 11.9 Å². The Morgan fingerprint density at radius 1 is 1.53 bits per heavy atom. The van der Waals surface area contributed by atoms with E-state index in [2.05, 4.69) is 5.32 Å². The highest BCUT2D eigenvalue weighted by atomic mass is 16.6. The van der Waals surface area contributed by atoms with Gasteiger partial charge >= 0.3 is 5.97 Å². The Kier molecular flexibility index (Phi) is 2.51. The molecule has 4 heteroatoms. The van der Waals surface area contributed by atoms with Crippen molar-refractivity contribution in [2.75, 3.05) is 19.7 Å². The van der Waals surface area contributed by atoms with Gasteiger partial charge < -0.3 is 14.8 Å². The molecule has 86 valence electrons. The number of rotatable bonds is 1. The summed E-state index contributed by atoms with van der Waals surface area (Å²) in [6.07, 6.45) is 0.951. The number of esters is 1. The number of ether oxygens (including phenoxy) is 2. The molecule has 0 aromatic rings. The molecule has 2 aliphatic heterocycles. The zero-order valence-corrected chi connectivity index (χ0v) is 9.63. The molecule has 2 aliphatic rings. The molecule has 0 radical (unpaired) electrons. The lowest BCUT2D eigenvalue weighted by molar-refractivity contribution is -0.178. The lowest BCUT2D eigenvalue weighted by atomic mass is 9.91. The fraction of sp³-hybridized carbons (Fsp3) is 0.909. The first-order valence-electron chi connectivity index (χ1n) is 5.52. The maximum absolute atomic E-state index is 12.1. The minimum absolute atomic E-state index is 0.206. The molecule has 0 aromatic carbocycles. The fourth-order valence-electron chi connectivity index (χ4n) is 2.29. The SMILES string of the molecule is CC(C)(C)OC(=O)[C@]12CNC[C@H]1CCO2. The second-order valence-corrected chi connectivity index (χ2v) is 5.36. The average Bonchev–Trinajstić information content (AvgIpc) is 2.55. The molecule has 0 saturated carbocycles. The summed E-state index contributed by atoms with van der Waals surface area (Å²) in [5.74, 6) is 0.0786. The van der Waals surface area contributed by atoms with E-state index in [1.807, 2.05) is 20.8 Å². The number of fused-ring (bicyclic) bond motifs is 1. The molecule has 2 saturated heterocycles. The lowest BCUT2D eigenvalue weighted by Crippen LogP contribution is -2.48. The van der Waals surface area contributed by atoms with Crippen LogP contribution in [0.1, 0.15) is 27.2 Å². The maximum Gasteiger partial charge on any atom is 0.340 e. The average molecular weight is 213 g/mol.